The molecule has 1 aliphatic rings. The van der Waals surface area contributed by atoms with E-state index in [4.69, 9.17) is 0 Å². The number of rotatable bonds is 5. The van der Waals surface area contributed by atoms with Gasteiger partial charge in [0.25, 0.3) is 0 Å². The van der Waals surface area contributed by atoms with Gasteiger partial charge < -0.3 is 15.7 Å². The summed E-state index contributed by atoms with van der Waals surface area (Å²) in [5, 5.41) is 15.4. The molecule has 122 valence electrons. The summed E-state index contributed by atoms with van der Waals surface area (Å²) in [7, 11) is 0. The van der Waals surface area contributed by atoms with Crippen molar-refractivity contribution in [2.75, 3.05) is 13.1 Å². The quantitative estimate of drug-likeness (QED) is 0.776. The molecule has 1 fully saturated rings. The molecule has 1 aromatic heterocycles. The van der Waals surface area contributed by atoms with Crippen molar-refractivity contribution in [3.8, 4) is 10.4 Å². The Morgan fingerprint density at radius 2 is 2.22 bits per heavy atom. The number of thiazole rings is 1. The van der Waals surface area contributed by atoms with E-state index < -0.39 is 6.10 Å². The maximum atomic E-state index is 11.9. The molecular weight excluding hydrogens is 310 g/mol. The summed E-state index contributed by atoms with van der Waals surface area (Å²) in [5.41, 5.74) is 5.29. The first-order valence-electron chi connectivity index (χ1n) is 7.82. The van der Waals surface area contributed by atoms with E-state index >= 15 is 0 Å². The number of aliphatic hydroxyl groups is 1. The third-order valence-electron chi connectivity index (χ3n) is 4.10. The van der Waals surface area contributed by atoms with E-state index in [9.17, 15) is 9.90 Å². The Morgan fingerprint density at radius 1 is 1.43 bits per heavy atom. The lowest BCUT2D eigenvalue weighted by Crippen LogP contribution is -2.41. The molecule has 6 heteroatoms. The van der Waals surface area contributed by atoms with E-state index in [0.29, 0.717) is 19.5 Å². The Labute approximate surface area is 139 Å². The number of nitrogens with one attached hydrogen (secondary N) is 2. The minimum absolute atomic E-state index is 0.0292. The van der Waals surface area contributed by atoms with Gasteiger partial charge >= 0.3 is 0 Å². The molecule has 2 heterocycles. The Morgan fingerprint density at radius 3 is 2.83 bits per heavy atom. The van der Waals surface area contributed by atoms with E-state index in [0.717, 1.165) is 12.1 Å². The molecule has 1 amide bonds. The van der Waals surface area contributed by atoms with Crippen molar-refractivity contribution < 1.29 is 9.90 Å². The van der Waals surface area contributed by atoms with Crippen LogP contribution >= 0.6 is 11.3 Å². The number of aliphatic hydroxyl groups excluding tert-OH is 1. The predicted octanol–water partition coefficient (Wildman–Crippen LogP) is 1.50. The first-order chi connectivity index (χ1) is 11.1. The number of β-amino-alcohol motifs (C(OH)–C–C–N with tert-alkyl or cyclic N) is 1. The van der Waals surface area contributed by atoms with Gasteiger partial charge in [-0.15, -0.1) is 11.3 Å². The zero-order valence-electron chi connectivity index (χ0n) is 13.1. The largest absolute Gasteiger partial charge is 0.392 e. The highest BCUT2D eigenvalue weighted by Gasteiger charge is 2.27. The summed E-state index contributed by atoms with van der Waals surface area (Å²) in [5.74, 6) is -0.0292. The molecule has 5 nitrogen and oxygen atoms in total. The topological polar surface area (TPSA) is 74.2 Å². The maximum Gasteiger partial charge on any atom is 0.237 e. The van der Waals surface area contributed by atoms with Crippen molar-refractivity contribution in [1.29, 1.82) is 0 Å². The molecule has 1 aliphatic heterocycles. The van der Waals surface area contributed by atoms with Gasteiger partial charge in [-0.25, -0.2) is 4.98 Å². The smallest absolute Gasteiger partial charge is 0.237 e. The molecule has 3 rings (SSSR count). The summed E-state index contributed by atoms with van der Waals surface area (Å²) >= 11 is 1.65. The van der Waals surface area contributed by atoms with E-state index in [1.807, 2.05) is 12.4 Å². The van der Waals surface area contributed by atoms with Crippen LogP contribution in [0.3, 0.4) is 0 Å². The molecular formula is C17H21N3O2S. The minimum atomic E-state index is -0.409. The standard InChI is InChI=1S/C17H21N3O2S/c1-11-16(23-10-20-11)13-4-2-12(3-5-13)6-7-18-17(22)15-8-14(21)9-19-15/h2-5,10,14-15,19,21H,6-9H2,1H3,(H,18,22)/t14-,15+/m1/s1. The first-order valence-corrected chi connectivity index (χ1v) is 8.70. The summed E-state index contributed by atoms with van der Waals surface area (Å²) in [6.45, 7) is 3.12. The van der Waals surface area contributed by atoms with Crippen molar-refractivity contribution in [2.24, 2.45) is 0 Å². The highest BCUT2D eigenvalue weighted by Crippen LogP contribution is 2.27. The van der Waals surface area contributed by atoms with Crippen LogP contribution < -0.4 is 10.6 Å². The van der Waals surface area contributed by atoms with Crippen molar-refractivity contribution in [3.05, 3.63) is 41.0 Å². The molecule has 3 N–H and O–H groups in total. The average Bonchev–Trinajstić information content (AvgIpc) is 3.16. The molecule has 2 aromatic rings. The summed E-state index contributed by atoms with van der Waals surface area (Å²) in [6.07, 6.45) is 0.881. The number of hydrogen-bond donors (Lipinski definition) is 3. The molecule has 2 atom stereocenters. The van der Waals surface area contributed by atoms with Crippen LogP contribution in [0.25, 0.3) is 10.4 Å². The van der Waals surface area contributed by atoms with Crippen LogP contribution in [0.4, 0.5) is 0 Å². The summed E-state index contributed by atoms with van der Waals surface area (Å²) < 4.78 is 0. The molecule has 0 unspecified atom stereocenters. The fraction of sp³-hybridized carbons (Fsp3) is 0.412. The molecule has 0 bridgehead atoms. The maximum absolute atomic E-state index is 11.9. The highest BCUT2D eigenvalue weighted by molar-refractivity contribution is 7.13. The normalized spacial score (nSPS) is 20.6. The molecule has 0 saturated carbocycles. The average molecular weight is 331 g/mol. The summed E-state index contributed by atoms with van der Waals surface area (Å²) in [6, 6.07) is 8.14. The van der Waals surface area contributed by atoms with Crippen LogP contribution in [-0.4, -0.2) is 41.2 Å². The second-order valence-corrected chi connectivity index (χ2v) is 6.71. The van der Waals surface area contributed by atoms with Gasteiger partial charge in [0.15, 0.2) is 0 Å². The van der Waals surface area contributed by atoms with Crippen LogP contribution in [0, 0.1) is 6.92 Å². The second kappa shape index (κ2) is 7.21. The van der Waals surface area contributed by atoms with Gasteiger partial charge in [-0.3, -0.25) is 4.79 Å². The third-order valence-corrected chi connectivity index (χ3v) is 5.08. The Bertz CT molecular complexity index is 669. The van der Waals surface area contributed by atoms with Gasteiger partial charge in [-0.1, -0.05) is 24.3 Å². The lowest BCUT2D eigenvalue weighted by atomic mass is 10.1. The van der Waals surface area contributed by atoms with E-state index in [-0.39, 0.29) is 11.9 Å². The van der Waals surface area contributed by atoms with Gasteiger partial charge in [0.1, 0.15) is 0 Å². The van der Waals surface area contributed by atoms with Gasteiger partial charge in [-0.2, -0.15) is 0 Å². The fourth-order valence-electron chi connectivity index (χ4n) is 2.77. The van der Waals surface area contributed by atoms with E-state index in [1.54, 1.807) is 11.3 Å². The number of carbonyl (C=O) groups excluding carboxylic acids is 1. The monoisotopic (exact) mass is 331 g/mol. The van der Waals surface area contributed by atoms with Gasteiger partial charge in [-0.05, 0) is 30.9 Å². The zero-order valence-corrected chi connectivity index (χ0v) is 13.9. The Balaban J connectivity index is 1.49. The number of carbonyl (C=O) groups is 1. The lowest BCUT2D eigenvalue weighted by Gasteiger charge is -2.11. The van der Waals surface area contributed by atoms with Crippen LogP contribution in [0.2, 0.25) is 0 Å². The molecule has 23 heavy (non-hydrogen) atoms. The molecule has 0 radical (unpaired) electrons. The highest BCUT2D eigenvalue weighted by atomic mass is 32.1. The van der Waals surface area contributed by atoms with Gasteiger partial charge in [0.2, 0.25) is 5.91 Å². The van der Waals surface area contributed by atoms with Crippen molar-refractivity contribution >= 4 is 17.2 Å². The summed E-state index contributed by atoms with van der Waals surface area (Å²) in [4.78, 5) is 17.4. The molecule has 0 aliphatic carbocycles. The van der Waals surface area contributed by atoms with Crippen molar-refractivity contribution in [1.82, 2.24) is 15.6 Å². The van der Waals surface area contributed by atoms with Crippen LogP contribution in [0.5, 0.6) is 0 Å². The van der Waals surface area contributed by atoms with E-state index in [1.165, 1.54) is 16.0 Å². The zero-order chi connectivity index (χ0) is 16.2. The fourth-order valence-corrected chi connectivity index (χ4v) is 3.58. The van der Waals surface area contributed by atoms with Gasteiger partial charge in [0.05, 0.1) is 28.2 Å². The lowest BCUT2D eigenvalue weighted by molar-refractivity contribution is -0.122. The molecule has 1 saturated heterocycles. The van der Waals surface area contributed by atoms with Crippen molar-refractivity contribution in [3.63, 3.8) is 0 Å². The Hall–Kier alpha value is -1.76. The van der Waals surface area contributed by atoms with E-state index in [2.05, 4.69) is 39.9 Å². The number of aryl methyl sites for hydroxylation is 1. The van der Waals surface area contributed by atoms with Crippen LogP contribution in [-0.2, 0) is 11.2 Å². The number of amides is 1. The third kappa shape index (κ3) is 3.96. The molecule has 0 spiro atoms. The predicted molar refractivity (Wildman–Crippen MR) is 91.4 cm³/mol. The number of hydrogen-bond acceptors (Lipinski definition) is 5. The second-order valence-electron chi connectivity index (χ2n) is 5.86. The van der Waals surface area contributed by atoms with Gasteiger partial charge in [0, 0.05) is 13.1 Å². The first kappa shape index (κ1) is 16.1. The molecule has 1 aromatic carbocycles. The number of benzene rings is 1. The SMILES string of the molecule is Cc1ncsc1-c1ccc(CCNC(=O)[C@@H]2C[C@@H](O)CN2)cc1. The van der Waals surface area contributed by atoms with Crippen LogP contribution in [0.1, 0.15) is 17.7 Å². The number of aromatic nitrogens is 1. The Kier molecular flexibility index (Phi) is 5.05. The van der Waals surface area contributed by atoms with Crippen LogP contribution in [0.15, 0.2) is 29.8 Å². The number of nitrogens with zero attached hydrogens (tertiary/aromatic N) is 1. The van der Waals surface area contributed by atoms with Crippen molar-refractivity contribution in [2.45, 2.75) is 31.9 Å². The minimum Gasteiger partial charge on any atom is -0.392 e.